The van der Waals surface area contributed by atoms with Crippen molar-refractivity contribution in [2.24, 2.45) is 0 Å². The number of hydrogen-bond acceptors (Lipinski definition) is 1. The largest absolute Gasteiger partial charge is 0.356 e. The average Bonchev–Trinajstić information content (AvgIpc) is 2.42. The predicted octanol–water partition coefficient (Wildman–Crippen LogP) is 5.03. The van der Waals surface area contributed by atoms with Crippen LogP contribution < -0.4 is 5.32 Å². The number of hydrogen-bond donors (Lipinski definition) is 1. The van der Waals surface area contributed by atoms with Crippen LogP contribution in [0.5, 0.6) is 0 Å². The van der Waals surface area contributed by atoms with Gasteiger partial charge in [0.25, 0.3) is 0 Å². The van der Waals surface area contributed by atoms with Crippen molar-refractivity contribution in [1.82, 2.24) is 5.32 Å². The quantitative estimate of drug-likeness (QED) is 0.440. The van der Waals surface area contributed by atoms with Crippen LogP contribution in [0.3, 0.4) is 0 Å². The van der Waals surface area contributed by atoms with Crippen LogP contribution in [0.1, 0.15) is 90.4 Å². The van der Waals surface area contributed by atoms with Gasteiger partial charge >= 0.3 is 0 Å². The van der Waals surface area contributed by atoms with Crippen molar-refractivity contribution in [1.29, 1.82) is 0 Å². The highest BCUT2D eigenvalue weighted by molar-refractivity contribution is 5.75. The van der Waals surface area contributed by atoms with Gasteiger partial charge in [-0.1, -0.05) is 78.1 Å². The summed E-state index contributed by atoms with van der Waals surface area (Å²) >= 11 is 0. The van der Waals surface area contributed by atoms with Gasteiger partial charge in [-0.15, -0.1) is 0 Å². The number of nitrogens with one attached hydrogen (secondary N) is 1. The van der Waals surface area contributed by atoms with Gasteiger partial charge in [-0.05, 0) is 12.8 Å². The predicted molar refractivity (Wildman–Crippen MR) is 84.1 cm³/mol. The van der Waals surface area contributed by atoms with Crippen molar-refractivity contribution in [2.75, 3.05) is 6.54 Å². The van der Waals surface area contributed by atoms with E-state index in [-0.39, 0.29) is 5.91 Å². The summed E-state index contributed by atoms with van der Waals surface area (Å²) in [5.41, 5.74) is 0. The highest BCUT2D eigenvalue weighted by Gasteiger charge is 1.99. The summed E-state index contributed by atoms with van der Waals surface area (Å²) < 4.78 is 0. The van der Waals surface area contributed by atoms with E-state index in [1.807, 2.05) is 0 Å². The first-order valence-electron chi connectivity index (χ1n) is 8.37. The Kier molecular flexibility index (Phi) is 15.1. The first-order chi connectivity index (χ1) is 9.31. The molecule has 0 bridgehead atoms. The molecule has 0 aliphatic heterocycles. The SMILES string of the molecule is [CH2]CCNC(=O)CCCCCCCCCCCCC. The molecular formula is C17H34NO. The normalized spacial score (nSPS) is 10.6. The highest BCUT2D eigenvalue weighted by Crippen LogP contribution is 2.11. The van der Waals surface area contributed by atoms with Crippen molar-refractivity contribution < 1.29 is 4.79 Å². The number of unbranched alkanes of at least 4 members (excludes halogenated alkanes) is 10. The van der Waals surface area contributed by atoms with E-state index in [4.69, 9.17) is 0 Å². The van der Waals surface area contributed by atoms with Crippen LogP contribution in [-0.2, 0) is 4.79 Å². The molecule has 0 aliphatic carbocycles. The molecule has 0 heterocycles. The molecule has 113 valence electrons. The Morgan fingerprint density at radius 2 is 1.32 bits per heavy atom. The summed E-state index contributed by atoms with van der Waals surface area (Å²) in [4.78, 5) is 11.3. The molecule has 0 fully saturated rings. The van der Waals surface area contributed by atoms with Crippen LogP contribution >= 0.6 is 0 Å². The lowest BCUT2D eigenvalue weighted by atomic mass is 10.1. The fourth-order valence-corrected chi connectivity index (χ4v) is 2.27. The van der Waals surface area contributed by atoms with E-state index in [1.54, 1.807) is 0 Å². The molecule has 0 unspecified atom stereocenters. The topological polar surface area (TPSA) is 29.1 Å². The molecule has 1 amide bonds. The monoisotopic (exact) mass is 268 g/mol. The van der Waals surface area contributed by atoms with E-state index in [1.165, 1.54) is 64.2 Å². The average molecular weight is 268 g/mol. The molecule has 1 N–H and O–H groups in total. The van der Waals surface area contributed by atoms with Gasteiger partial charge in [0.1, 0.15) is 0 Å². The van der Waals surface area contributed by atoms with Crippen LogP contribution in [0.25, 0.3) is 0 Å². The van der Waals surface area contributed by atoms with E-state index in [2.05, 4.69) is 19.2 Å². The Morgan fingerprint density at radius 3 is 1.79 bits per heavy atom. The van der Waals surface area contributed by atoms with Crippen LogP contribution in [0.4, 0.5) is 0 Å². The Labute approximate surface area is 120 Å². The van der Waals surface area contributed by atoms with Crippen LogP contribution in [0.15, 0.2) is 0 Å². The van der Waals surface area contributed by atoms with Gasteiger partial charge in [0.05, 0.1) is 0 Å². The Hall–Kier alpha value is -0.530. The first-order valence-corrected chi connectivity index (χ1v) is 8.37. The maximum atomic E-state index is 11.3. The van der Waals surface area contributed by atoms with Crippen molar-refractivity contribution in [3.8, 4) is 0 Å². The van der Waals surface area contributed by atoms with E-state index in [0.29, 0.717) is 6.42 Å². The van der Waals surface area contributed by atoms with Gasteiger partial charge in [-0.25, -0.2) is 0 Å². The molecule has 0 aromatic carbocycles. The summed E-state index contributed by atoms with van der Waals surface area (Å²) in [6.45, 7) is 6.69. The summed E-state index contributed by atoms with van der Waals surface area (Å²) in [5, 5.41) is 2.87. The van der Waals surface area contributed by atoms with E-state index in [0.717, 1.165) is 19.4 Å². The third-order valence-corrected chi connectivity index (χ3v) is 3.51. The molecule has 0 spiro atoms. The number of carbonyl (C=O) groups is 1. The standard InChI is InChI=1S/C17H34NO/c1-3-5-6-7-8-9-10-11-12-13-14-15-17(19)18-16-4-2/h2-16H2,1H3,(H,18,19). The molecule has 19 heavy (non-hydrogen) atoms. The van der Waals surface area contributed by atoms with Crippen LogP contribution in [0.2, 0.25) is 0 Å². The third-order valence-electron chi connectivity index (χ3n) is 3.51. The fraction of sp³-hybridized carbons (Fsp3) is 0.882. The zero-order valence-electron chi connectivity index (χ0n) is 13.0. The van der Waals surface area contributed by atoms with Gasteiger partial charge in [0, 0.05) is 13.0 Å². The second kappa shape index (κ2) is 15.5. The Morgan fingerprint density at radius 1 is 0.842 bits per heavy atom. The minimum absolute atomic E-state index is 0.194. The maximum Gasteiger partial charge on any atom is 0.219 e. The number of rotatable bonds is 14. The molecule has 2 nitrogen and oxygen atoms in total. The van der Waals surface area contributed by atoms with E-state index in [9.17, 15) is 4.79 Å². The number of carbonyl (C=O) groups excluding carboxylic acids is 1. The lowest BCUT2D eigenvalue weighted by Gasteiger charge is -2.04. The van der Waals surface area contributed by atoms with Gasteiger partial charge in [0.2, 0.25) is 5.91 Å². The molecule has 0 aliphatic rings. The molecule has 0 saturated carbocycles. The first kappa shape index (κ1) is 18.5. The minimum Gasteiger partial charge on any atom is -0.356 e. The molecule has 0 rings (SSSR count). The zero-order chi connectivity index (χ0) is 14.2. The molecule has 0 saturated heterocycles. The second-order valence-electron chi connectivity index (χ2n) is 5.49. The van der Waals surface area contributed by atoms with Crippen molar-refractivity contribution in [2.45, 2.75) is 90.4 Å². The van der Waals surface area contributed by atoms with Crippen molar-refractivity contribution in [3.63, 3.8) is 0 Å². The van der Waals surface area contributed by atoms with Crippen LogP contribution in [-0.4, -0.2) is 12.5 Å². The van der Waals surface area contributed by atoms with E-state index >= 15 is 0 Å². The molecule has 2 heteroatoms. The molecule has 0 aromatic rings. The summed E-state index contributed by atoms with van der Waals surface area (Å²) in [5.74, 6) is 0.194. The lowest BCUT2D eigenvalue weighted by Crippen LogP contribution is -2.23. The van der Waals surface area contributed by atoms with Gasteiger partial charge in [-0.2, -0.15) is 0 Å². The maximum absolute atomic E-state index is 11.3. The van der Waals surface area contributed by atoms with Gasteiger partial charge in [0.15, 0.2) is 0 Å². The fourth-order valence-electron chi connectivity index (χ4n) is 2.27. The van der Waals surface area contributed by atoms with Crippen LogP contribution in [0, 0.1) is 6.92 Å². The molecule has 0 atom stereocenters. The third kappa shape index (κ3) is 15.4. The highest BCUT2D eigenvalue weighted by atomic mass is 16.1. The summed E-state index contributed by atoms with van der Waals surface area (Å²) in [7, 11) is 0. The Balaban J connectivity index is 3.04. The molecule has 1 radical (unpaired) electrons. The molecule has 0 aromatic heterocycles. The van der Waals surface area contributed by atoms with Gasteiger partial charge < -0.3 is 5.32 Å². The second-order valence-corrected chi connectivity index (χ2v) is 5.49. The smallest absolute Gasteiger partial charge is 0.219 e. The Bertz CT molecular complexity index is 192. The van der Waals surface area contributed by atoms with Crippen molar-refractivity contribution in [3.05, 3.63) is 6.92 Å². The zero-order valence-corrected chi connectivity index (χ0v) is 13.0. The lowest BCUT2D eigenvalue weighted by molar-refractivity contribution is -0.121. The number of amides is 1. The van der Waals surface area contributed by atoms with E-state index < -0.39 is 0 Å². The minimum atomic E-state index is 0.194. The van der Waals surface area contributed by atoms with Crippen molar-refractivity contribution >= 4 is 5.91 Å². The summed E-state index contributed by atoms with van der Waals surface area (Å²) in [6, 6.07) is 0. The van der Waals surface area contributed by atoms with Gasteiger partial charge in [-0.3, -0.25) is 4.79 Å². The summed E-state index contributed by atoms with van der Waals surface area (Å²) in [6.07, 6.45) is 16.1. The molecular weight excluding hydrogens is 234 g/mol.